The molecule has 0 radical (unpaired) electrons. The second kappa shape index (κ2) is 10.3. The monoisotopic (exact) mass is 444 g/mol. The third-order valence-electron chi connectivity index (χ3n) is 7.85. The summed E-state index contributed by atoms with van der Waals surface area (Å²) in [5.41, 5.74) is 0.415. The molecular formula is C28H35F3O. The molecule has 0 N–H and O–H groups in total. The Morgan fingerprint density at radius 1 is 0.969 bits per heavy atom. The summed E-state index contributed by atoms with van der Waals surface area (Å²) in [5.74, 6) is -0.754. The van der Waals surface area contributed by atoms with Crippen molar-refractivity contribution in [2.24, 2.45) is 17.8 Å². The molecule has 0 saturated heterocycles. The standard InChI is InChI=1S/C28H35F3O/c1-3-5-6-7-18-8-9-20-16-21(11-10-19(20)15-18)23-17-22-12-13-24(32-14-4-2)27(30)25(22)28(31)26(23)29/h4,12-13,17-21H,2-3,5-11,14-16H2,1H3/t18?,19-,20?,21-/m1/s1. The van der Waals surface area contributed by atoms with Crippen LogP contribution in [0.4, 0.5) is 13.2 Å². The highest BCUT2D eigenvalue weighted by Crippen LogP contribution is 2.49. The molecule has 2 aliphatic carbocycles. The second-order valence-corrected chi connectivity index (χ2v) is 9.87. The Balaban J connectivity index is 1.51. The van der Waals surface area contributed by atoms with Crippen LogP contribution in [-0.4, -0.2) is 6.61 Å². The Morgan fingerprint density at radius 3 is 2.53 bits per heavy atom. The van der Waals surface area contributed by atoms with Crippen LogP contribution in [0.3, 0.4) is 0 Å². The molecule has 0 aromatic heterocycles. The fourth-order valence-corrected chi connectivity index (χ4v) is 6.15. The van der Waals surface area contributed by atoms with Gasteiger partial charge in [0.1, 0.15) is 6.61 Å². The van der Waals surface area contributed by atoms with Crippen LogP contribution in [-0.2, 0) is 0 Å². The number of halogens is 3. The SMILES string of the molecule is C=CCOc1ccc2cc([C@@H]3CC[C@@H]4CC(CCCCC)CCC4C3)c(F)c(F)c2c1F. The van der Waals surface area contributed by atoms with Crippen LogP contribution in [0.1, 0.15) is 82.6 Å². The molecule has 4 heteroatoms. The highest BCUT2D eigenvalue weighted by molar-refractivity contribution is 5.86. The van der Waals surface area contributed by atoms with Crippen LogP contribution >= 0.6 is 0 Å². The predicted octanol–water partition coefficient (Wildman–Crippen LogP) is 8.70. The van der Waals surface area contributed by atoms with Gasteiger partial charge in [-0.15, -0.1) is 0 Å². The lowest BCUT2D eigenvalue weighted by molar-refractivity contribution is 0.112. The first-order chi connectivity index (χ1) is 15.5. The summed E-state index contributed by atoms with van der Waals surface area (Å²) in [6.45, 7) is 5.88. The number of benzene rings is 2. The van der Waals surface area contributed by atoms with Crippen LogP contribution in [0.25, 0.3) is 10.8 Å². The van der Waals surface area contributed by atoms with Gasteiger partial charge in [0.25, 0.3) is 0 Å². The maximum absolute atomic E-state index is 15.1. The van der Waals surface area contributed by atoms with E-state index < -0.39 is 17.5 Å². The van der Waals surface area contributed by atoms with Crippen molar-refractivity contribution in [3.8, 4) is 5.75 Å². The number of hydrogen-bond donors (Lipinski definition) is 0. The minimum Gasteiger partial charge on any atom is -0.486 e. The van der Waals surface area contributed by atoms with E-state index in [4.69, 9.17) is 4.74 Å². The molecule has 4 rings (SSSR count). The van der Waals surface area contributed by atoms with Crippen molar-refractivity contribution in [2.45, 2.75) is 77.0 Å². The minimum atomic E-state index is -1.10. The molecule has 0 aliphatic heterocycles. The highest BCUT2D eigenvalue weighted by Gasteiger charge is 2.37. The molecule has 2 saturated carbocycles. The predicted molar refractivity (Wildman–Crippen MR) is 125 cm³/mol. The Hall–Kier alpha value is -1.97. The topological polar surface area (TPSA) is 9.23 Å². The lowest BCUT2D eigenvalue weighted by Crippen LogP contribution is -2.30. The molecule has 2 unspecified atom stereocenters. The first-order valence-corrected chi connectivity index (χ1v) is 12.4. The van der Waals surface area contributed by atoms with Gasteiger partial charge in [-0.1, -0.05) is 57.7 Å². The van der Waals surface area contributed by atoms with E-state index in [-0.39, 0.29) is 23.7 Å². The zero-order valence-corrected chi connectivity index (χ0v) is 19.1. The van der Waals surface area contributed by atoms with Gasteiger partial charge in [-0.3, -0.25) is 0 Å². The summed E-state index contributed by atoms with van der Waals surface area (Å²) >= 11 is 0. The van der Waals surface area contributed by atoms with E-state index in [1.807, 2.05) is 0 Å². The molecular weight excluding hydrogens is 409 g/mol. The molecule has 2 aliphatic rings. The number of rotatable bonds is 8. The van der Waals surface area contributed by atoms with E-state index in [0.717, 1.165) is 31.1 Å². The van der Waals surface area contributed by atoms with Gasteiger partial charge in [0.05, 0.1) is 5.39 Å². The van der Waals surface area contributed by atoms with Crippen molar-refractivity contribution >= 4 is 10.8 Å². The van der Waals surface area contributed by atoms with Crippen LogP contribution in [0.5, 0.6) is 5.75 Å². The van der Waals surface area contributed by atoms with E-state index in [1.165, 1.54) is 57.1 Å². The Bertz CT molecular complexity index is 954. The minimum absolute atomic E-state index is 0.00606. The third kappa shape index (κ3) is 4.70. The molecule has 0 heterocycles. The summed E-state index contributed by atoms with van der Waals surface area (Å²) in [6, 6.07) is 4.77. The van der Waals surface area contributed by atoms with Gasteiger partial charge in [-0.2, -0.15) is 0 Å². The summed E-state index contributed by atoms with van der Waals surface area (Å²) in [5, 5.41) is 0.0678. The summed E-state index contributed by atoms with van der Waals surface area (Å²) in [6.07, 6.45) is 13.4. The molecule has 174 valence electrons. The maximum atomic E-state index is 15.1. The van der Waals surface area contributed by atoms with Gasteiger partial charge in [0.2, 0.25) is 0 Å². The number of ether oxygens (including phenoxy) is 1. The largest absolute Gasteiger partial charge is 0.486 e. The van der Waals surface area contributed by atoms with Crippen molar-refractivity contribution in [1.29, 1.82) is 0 Å². The van der Waals surface area contributed by atoms with Crippen molar-refractivity contribution in [1.82, 2.24) is 0 Å². The van der Waals surface area contributed by atoms with Gasteiger partial charge in [0.15, 0.2) is 23.2 Å². The lowest BCUT2D eigenvalue weighted by Gasteiger charge is -2.42. The molecule has 0 amide bonds. The van der Waals surface area contributed by atoms with Gasteiger partial charge in [-0.05, 0) is 78.9 Å². The number of fused-ring (bicyclic) bond motifs is 2. The zero-order valence-electron chi connectivity index (χ0n) is 19.1. The van der Waals surface area contributed by atoms with Crippen LogP contribution < -0.4 is 4.74 Å². The van der Waals surface area contributed by atoms with Crippen molar-refractivity contribution in [3.05, 3.63) is 53.9 Å². The fraction of sp³-hybridized carbons (Fsp3) is 0.571. The summed E-state index contributed by atoms with van der Waals surface area (Å²) in [4.78, 5) is 0. The zero-order chi connectivity index (χ0) is 22.7. The van der Waals surface area contributed by atoms with Crippen molar-refractivity contribution in [2.75, 3.05) is 6.61 Å². The van der Waals surface area contributed by atoms with Crippen molar-refractivity contribution < 1.29 is 17.9 Å². The maximum Gasteiger partial charge on any atom is 0.175 e. The van der Waals surface area contributed by atoms with Gasteiger partial charge >= 0.3 is 0 Å². The van der Waals surface area contributed by atoms with Gasteiger partial charge in [0, 0.05) is 0 Å². The van der Waals surface area contributed by atoms with Crippen molar-refractivity contribution in [3.63, 3.8) is 0 Å². The number of unbranched alkanes of at least 4 members (excludes halogenated alkanes) is 2. The number of hydrogen-bond acceptors (Lipinski definition) is 1. The summed E-state index contributed by atoms with van der Waals surface area (Å²) in [7, 11) is 0. The smallest absolute Gasteiger partial charge is 0.175 e. The van der Waals surface area contributed by atoms with Crippen LogP contribution in [0.2, 0.25) is 0 Å². The average Bonchev–Trinajstić information content (AvgIpc) is 2.80. The fourth-order valence-electron chi connectivity index (χ4n) is 6.15. The Labute approximate surface area is 190 Å². The molecule has 1 nitrogen and oxygen atoms in total. The van der Waals surface area contributed by atoms with E-state index in [1.54, 1.807) is 12.1 Å². The molecule has 2 aromatic carbocycles. The molecule has 2 fully saturated rings. The molecule has 4 atom stereocenters. The highest BCUT2D eigenvalue weighted by atomic mass is 19.2. The molecule has 0 bridgehead atoms. The van der Waals surface area contributed by atoms with E-state index in [9.17, 15) is 4.39 Å². The lowest BCUT2D eigenvalue weighted by atomic mass is 9.63. The van der Waals surface area contributed by atoms with Gasteiger partial charge < -0.3 is 4.74 Å². The third-order valence-corrected chi connectivity index (χ3v) is 7.85. The molecule has 0 spiro atoms. The van der Waals surface area contributed by atoms with Gasteiger partial charge in [-0.25, -0.2) is 13.2 Å². The van der Waals surface area contributed by atoms with E-state index in [2.05, 4.69) is 13.5 Å². The summed E-state index contributed by atoms with van der Waals surface area (Å²) < 4.78 is 50.2. The van der Waals surface area contributed by atoms with Crippen LogP contribution in [0, 0.1) is 35.2 Å². The first-order valence-electron chi connectivity index (χ1n) is 12.4. The normalized spacial score (nSPS) is 25.5. The van der Waals surface area contributed by atoms with Crippen LogP contribution in [0.15, 0.2) is 30.9 Å². The molecule has 32 heavy (non-hydrogen) atoms. The molecule has 2 aromatic rings. The van der Waals surface area contributed by atoms with E-state index in [0.29, 0.717) is 16.9 Å². The Morgan fingerprint density at radius 2 is 1.75 bits per heavy atom. The quantitative estimate of drug-likeness (QED) is 0.292. The first kappa shape index (κ1) is 23.2. The Kier molecular flexibility index (Phi) is 7.48. The average molecular weight is 445 g/mol. The second-order valence-electron chi connectivity index (χ2n) is 9.87. The van der Waals surface area contributed by atoms with E-state index >= 15 is 8.78 Å².